The lowest BCUT2D eigenvalue weighted by atomic mass is 11.3. The van der Waals surface area contributed by atoms with Gasteiger partial charge in [-0.3, -0.25) is 0 Å². The second-order valence-electron chi connectivity index (χ2n) is 1.25. The molecule has 0 saturated heterocycles. The Morgan fingerprint density at radius 1 is 1.67 bits per heavy atom. The van der Waals surface area contributed by atoms with Gasteiger partial charge in [0.25, 0.3) is 10.0 Å². The Morgan fingerprint density at radius 2 is 2.11 bits per heavy atom. The van der Waals surface area contributed by atoms with E-state index in [1.165, 1.54) is 0 Å². The molecule has 0 atom stereocenters. The fourth-order valence-electron chi connectivity index (χ4n) is 0.166. The number of nitrogens with zero attached hydrogens (tertiary/aromatic N) is 2. The minimum Gasteiger partial charge on any atom is -0.234 e. The van der Waals surface area contributed by atoms with Gasteiger partial charge >= 0.3 is 0 Å². The van der Waals surface area contributed by atoms with E-state index in [1.807, 2.05) is 0 Å². The molecule has 0 saturated carbocycles. The third-order valence-corrected chi connectivity index (χ3v) is 1.18. The molecule has 0 aromatic rings. The summed E-state index contributed by atoms with van der Waals surface area (Å²) in [6.07, 6.45) is 0.917. The first-order chi connectivity index (χ1) is 3.95. The van der Waals surface area contributed by atoms with Gasteiger partial charge in [0, 0.05) is 0 Å². The summed E-state index contributed by atoms with van der Waals surface area (Å²) in [5.41, 5.74) is 0. The smallest absolute Gasteiger partial charge is 0.234 e. The first-order valence-corrected chi connectivity index (χ1v) is 4.10. The van der Waals surface area contributed by atoms with Crippen molar-refractivity contribution in [1.29, 1.82) is 0 Å². The van der Waals surface area contributed by atoms with Gasteiger partial charge in [-0.05, 0) is 18.3 Å². The van der Waals surface area contributed by atoms with Crippen molar-refractivity contribution in [2.24, 2.45) is 9.39 Å². The number of hydrogen-bond donors (Lipinski definition) is 0. The van der Waals surface area contributed by atoms with Crippen LogP contribution < -0.4 is 0 Å². The summed E-state index contributed by atoms with van der Waals surface area (Å²) in [5, 5.41) is -0.363. The van der Waals surface area contributed by atoms with E-state index in [9.17, 15) is 8.42 Å². The van der Waals surface area contributed by atoms with Crippen molar-refractivity contribution in [2.75, 3.05) is 6.26 Å². The van der Waals surface area contributed by atoms with Gasteiger partial charge in [-0.25, -0.2) is 13.4 Å². The molecular weight excluding hydrogens is 164 g/mol. The normalized spacial score (nSPS) is 13.3. The van der Waals surface area contributed by atoms with Crippen molar-refractivity contribution in [1.82, 2.24) is 0 Å². The van der Waals surface area contributed by atoms with Crippen LogP contribution in [-0.4, -0.2) is 26.7 Å². The van der Waals surface area contributed by atoms with Gasteiger partial charge in [-0.1, -0.05) is 0 Å². The maximum atomic E-state index is 10.2. The highest BCUT2D eigenvalue weighted by Gasteiger charge is 1.96. The zero-order valence-electron chi connectivity index (χ0n) is 4.70. The van der Waals surface area contributed by atoms with Crippen LogP contribution in [0, 0.1) is 0 Å². The molecule has 0 heterocycles. The number of sulfonamides is 1. The largest absolute Gasteiger partial charge is 0.253 e. The van der Waals surface area contributed by atoms with Crippen LogP contribution in [0.4, 0.5) is 0 Å². The first kappa shape index (κ1) is 8.58. The van der Waals surface area contributed by atoms with Gasteiger partial charge in [-0.2, -0.15) is 0 Å². The number of amidine groups is 1. The highest BCUT2D eigenvalue weighted by Crippen LogP contribution is 1.91. The van der Waals surface area contributed by atoms with Crippen LogP contribution in [0.15, 0.2) is 9.39 Å². The molecule has 52 valence electrons. The Labute approximate surface area is 58.3 Å². The minimum atomic E-state index is -3.41. The van der Waals surface area contributed by atoms with Crippen LogP contribution in [0.5, 0.6) is 0 Å². The molecule has 0 rings (SSSR count). The molecule has 0 fully saturated rings. The molecular formula is C3H5ClN2O2S. The zero-order chi connectivity index (χ0) is 7.49. The van der Waals surface area contributed by atoms with Gasteiger partial charge in [-0.15, -0.1) is 4.40 Å². The molecule has 6 heteroatoms. The Bertz CT molecular complexity index is 230. The van der Waals surface area contributed by atoms with E-state index in [4.69, 9.17) is 11.6 Å². The van der Waals surface area contributed by atoms with E-state index < -0.39 is 10.0 Å². The molecule has 0 N–H and O–H groups in total. The van der Waals surface area contributed by atoms with Crippen LogP contribution in [0.25, 0.3) is 0 Å². The Kier molecular flexibility index (Phi) is 2.80. The topological polar surface area (TPSA) is 58.9 Å². The molecule has 0 radical (unpaired) electrons. The first-order valence-electron chi connectivity index (χ1n) is 1.88. The summed E-state index contributed by atoms with van der Waals surface area (Å²) in [5.74, 6) is 0. The second kappa shape index (κ2) is 2.93. The lowest BCUT2D eigenvalue weighted by molar-refractivity contribution is 0.604. The molecule has 0 aromatic carbocycles. The average Bonchev–Trinajstić information content (AvgIpc) is 1.62. The van der Waals surface area contributed by atoms with E-state index in [0.29, 0.717) is 0 Å². The van der Waals surface area contributed by atoms with Crippen LogP contribution in [0.1, 0.15) is 0 Å². The molecule has 9 heavy (non-hydrogen) atoms. The number of aliphatic imine (C=N–C) groups is 1. The summed E-state index contributed by atoms with van der Waals surface area (Å²) in [4.78, 5) is 3.06. The molecule has 0 spiro atoms. The van der Waals surface area contributed by atoms with Crippen molar-refractivity contribution in [3.8, 4) is 0 Å². The quantitative estimate of drug-likeness (QED) is 0.320. The highest BCUT2D eigenvalue weighted by molar-refractivity contribution is 7.89. The Hall–Kier alpha value is -0.420. The predicted molar refractivity (Wildman–Crippen MR) is 37.7 cm³/mol. The van der Waals surface area contributed by atoms with E-state index >= 15 is 0 Å². The van der Waals surface area contributed by atoms with Crippen LogP contribution in [0.3, 0.4) is 0 Å². The summed E-state index contributed by atoms with van der Waals surface area (Å²) in [7, 11) is -3.41. The molecule has 0 bridgehead atoms. The SMILES string of the molecule is C=NC(Cl)=NS(C)(=O)=O. The van der Waals surface area contributed by atoms with E-state index in [-0.39, 0.29) is 5.29 Å². The molecule has 0 aliphatic heterocycles. The minimum absolute atomic E-state index is 0.363. The Morgan fingerprint density at radius 3 is 2.22 bits per heavy atom. The summed E-state index contributed by atoms with van der Waals surface area (Å²) in [6.45, 7) is 2.97. The van der Waals surface area contributed by atoms with E-state index in [2.05, 4.69) is 16.1 Å². The lowest BCUT2D eigenvalue weighted by Gasteiger charge is -1.84. The third kappa shape index (κ3) is 5.45. The van der Waals surface area contributed by atoms with Crippen LogP contribution in [-0.2, 0) is 10.0 Å². The molecule has 0 unspecified atom stereocenters. The lowest BCUT2D eigenvalue weighted by Crippen LogP contribution is -1.92. The molecule has 0 aliphatic carbocycles. The standard InChI is InChI=1S/C3H5ClN2O2S/c1-5-3(4)6-9(2,7)8/h1H2,2H3. The van der Waals surface area contributed by atoms with Crippen molar-refractivity contribution in [3.05, 3.63) is 0 Å². The fourth-order valence-corrected chi connectivity index (χ4v) is 0.873. The van der Waals surface area contributed by atoms with Crippen molar-refractivity contribution in [2.45, 2.75) is 0 Å². The van der Waals surface area contributed by atoms with Gasteiger partial charge in [0.1, 0.15) is 0 Å². The molecule has 0 aromatic heterocycles. The predicted octanol–water partition coefficient (Wildman–Crippen LogP) is 0.241. The third-order valence-electron chi connectivity index (χ3n) is 0.372. The van der Waals surface area contributed by atoms with Crippen molar-refractivity contribution in [3.63, 3.8) is 0 Å². The van der Waals surface area contributed by atoms with E-state index in [1.54, 1.807) is 0 Å². The van der Waals surface area contributed by atoms with Crippen molar-refractivity contribution >= 4 is 33.6 Å². The van der Waals surface area contributed by atoms with Gasteiger partial charge in [0.15, 0.2) is 0 Å². The maximum Gasteiger partial charge on any atom is 0.253 e. The second-order valence-corrected chi connectivity index (χ2v) is 3.24. The number of hydrogen-bond acceptors (Lipinski definition) is 2. The summed E-state index contributed by atoms with van der Waals surface area (Å²) in [6, 6.07) is 0. The van der Waals surface area contributed by atoms with Gasteiger partial charge < -0.3 is 0 Å². The maximum absolute atomic E-state index is 10.2. The molecule has 4 nitrogen and oxygen atoms in total. The Balaban J connectivity index is 4.51. The average molecular weight is 169 g/mol. The molecule has 0 amide bonds. The van der Waals surface area contributed by atoms with Crippen LogP contribution >= 0.6 is 11.6 Å². The molecule has 0 aliphatic rings. The van der Waals surface area contributed by atoms with Gasteiger partial charge in [0.2, 0.25) is 5.29 Å². The summed E-state index contributed by atoms with van der Waals surface area (Å²) < 4.78 is 23.4. The van der Waals surface area contributed by atoms with E-state index in [0.717, 1.165) is 6.26 Å². The van der Waals surface area contributed by atoms with Gasteiger partial charge in [0.05, 0.1) is 6.26 Å². The van der Waals surface area contributed by atoms with Crippen molar-refractivity contribution < 1.29 is 8.42 Å². The monoisotopic (exact) mass is 168 g/mol. The zero-order valence-corrected chi connectivity index (χ0v) is 6.28. The number of halogens is 1. The summed E-state index contributed by atoms with van der Waals surface area (Å²) >= 11 is 5.09. The van der Waals surface area contributed by atoms with Crippen LogP contribution in [0.2, 0.25) is 0 Å². The fraction of sp³-hybridized carbons (Fsp3) is 0.333. The highest BCUT2D eigenvalue weighted by atomic mass is 35.5. The number of rotatable bonds is 1.